The predicted molar refractivity (Wildman–Crippen MR) is 58.3 cm³/mol. The number of nitrogens with zero attached hydrogens (tertiary/aromatic N) is 2. The van der Waals surface area contributed by atoms with Gasteiger partial charge >= 0.3 is 0 Å². The summed E-state index contributed by atoms with van der Waals surface area (Å²) >= 11 is 0. The van der Waals surface area contributed by atoms with Gasteiger partial charge in [-0.25, -0.2) is 8.42 Å². The number of aryl methyl sites for hydroxylation is 1. The second kappa shape index (κ2) is 3.30. The Morgan fingerprint density at radius 1 is 1.50 bits per heavy atom. The molecule has 16 heavy (non-hydrogen) atoms. The summed E-state index contributed by atoms with van der Waals surface area (Å²) in [5.41, 5.74) is 0.628. The van der Waals surface area contributed by atoms with Gasteiger partial charge in [0.25, 0.3) is 0 Å². The van der Waals surface area contributed by atoms with Gasteiger partial charge in [-0.05, 0) is 32.1 Å². The Hall–Kier alpha value is -0.880. The summed E-state index contributed by atoms with van der Waals surface area (Å²) in [5, 5.41) is 6.48. The van der Waals surface area contributed by atoms with Gasteiger partial charge in [0.05, 0.1) is 11.9 Å². The van der Waals surface area contributed by atoms with Crippen molar-refractivity contribution in [1.82, 2.24) is 14.5 Å². The Bertz CT molecular complexity index is 508. The lowest BCUT2D eigenvalue weighted by Crippen LogP contribution is -2.37. The summed E-state index contributed by atoms with van der Waals surface area (Å²) in [6.07, 6.45) is 4.65. The van der Waals surface area contributed by atoms with E-state index >= 15 is 0 Å². The van der Waals surface area contributed by atoms with Gasteiger partial charge in [-0.15, -0.1) is 0 Å². The molecule has 0 amide bonds. The van der Waals surface area contributed by atoms with E-state index in [-0.39, 0.29) is 6.04 Å². The molecule has 1 aliphatic carbocycles. The van der Waals surface area contributed by atoms with Crippen molar-refractivity contribution in [2.75, 3.05) is 6.54 Å². The van der Waals surface area contributed by atoms with Crippen molar-refractivity contribution < 1.29 is 8.42 Å². The number of H-pyrrole nitrogens is 1. The Morgan fingerprint density at radius 3 is 2.81 bits per heavy atom. The zero-order chi connectivity index (χ0) is 11.3. The first kappa shape index (κ1) is 10.3. The van der Waals surface area contributed by atoms with Crippen LogP contribution in [-0.4, -0.2) is 35.5 Å². The summed E-state index contributed by atoms with van der Waals surface area (Å²) in [5.74, 6) is 0.576. The number of piperidine rings is 1. The molecular weight excluding hydrogens is 226 g/mol. The van der Waals surface area contributed by atoms with Crippen molar-refractivity contribution in [1.29, 1.82) is 0 Å². The van der Waals surface area contributed by atoms with E-state index in [0.717, 1.165) is 12.8 Å². The van der Waals surface area contributed by atoms with Crippen LogP contribution in [0.1, 0.15) is 25.0 Å². The highest BCUT2D eigenvalue weighted by Crippen LogP contribution is 2.40. The summed E-state index contributed by atoms with van der Waals surface area (Å²) in [7, 11) is -3.32. The predicted octanol–water partition coefficient (Wildman–Crippen LogP) is 0.891. The smallest absolute Gasteiger partial charge is 0.246 e. The molecule has 2 atom stereocenters. The van der Waals surface area contributed by atoms with Crippen LogP contribution in [0, 0.1) is 12.8 Å². The maximum absolute atomic E-state index is 12.4. The molecule has 88 valence electrons. The average Bonchev–Trinajstić information content (AvgIpc) is 2.91. The quantitative estimate of drug-likeness (QED) is 0.836. The summed E-state index contributed by atoms with van der Waals surface area (Å²) in [4.78, 5) is 0.333. The summed E-state index contributed by atoms with van der Waals surface area (Å²) in [6.45, 7) is 2.44. The number of aromatic nitrogens is 2. The number of hydrogen-bond donors (Lipinski definition) is 1. The van der Waals surface area contributed by atoms with E-state index in [0.29, 0.717) is 23.1 Å². The van der Waals surface area contributed by atoms with Crippen LogP contribution in [0.25, 0.3) is 0 Å². The standard InChI is InChI=1S/C10H15N3O2S/c1-7-10(5-11-12-7)16(14,15)13-6-8-2-3-9(13)4-8/h5,8-9H,2-4,6H2,1H3,(H,11,12). The van der Waals surface area contributed by atoms with Crippen molar-refractivity contribution >= 4 is 10.0 Å². The van der Waals surface area contributed by atoms with Crippen LogP contribution in [0.2, 0.25) is 0 Å². The minimum Gasteiger partial charge on any atom is -0.281 e. The first-order chi connectivity index (χ1) is 7.59. The molecule has 5 nitrogen and oxygen atoms in total. The molecule has 2 bridgehead atoms. The third kappa shape index (κ3) is 1.33. The molecule has 0 aromatic carbocycles. The van der Waals surface area contributed by atoms with Gasteiger partial charge in [-0.3, -0.25) is 5.10 Å². The van der Waals surface area contributed by atoms with Crippen LogP contribution in [-0.2, 0) is 10.0 Å². The fraction of sp³-hybridized carbons (Fsp3) is 0.700. The summed E-state index contributed by atoms with van der Waals surface area (Å²) in [6, 6.07) is 0.226. The number of fused-ring (bicyclic) bond motifs is 2. The van der Waals surface area contributed by atoms with E-state index in [4.69, 9.17) is 0 Å². The van der Waals surface area contributed by atoms with E-state index in [9.17, 15) is 8.42 Å². The third-order valence-corrected chi connectivity index (χ3v) is 5.76. The third-order valence-electron chi connectivity index (χ3n) is 3.73. The molecule has 1 saturated heterocycles. The second-order valence-electron chi connectivity index (χ2n) is 4.77. The maximum atomic E-state index is 12.4. The molecule has 2 heterocycles. The highest BCUT2D eigenvalue weighted by molar-refractivity contribution is 7.89. The van der Waals surface area contributed by atoms with Gasteiger partial charge in [0.1, 0.15) is 4.90 Å². The average molecular weight is 241 g/mol. The number of nitrogens with one attached hydrogen (secondary N) is 1. The fourth-order valence-corrected chi connectivity index (χ4v) is 4.76. The van der Waals surface area contributed by atoms with Crippen LogP contribution in [0.5, 0.6) is 0 Å². The van der Waals surface area contributed by atoms with Gasteiger partial charge in [0.2, 0.25) is 10.0 Å². The van der Waals surface area contributed by atoms with E-state index < -0.39 is 10.0 Å². The Kier molecular flexibility index (Phi) is 2.12. The molecule has 1 aliphatic heterocycles. The van der Waals surface area contributed by atoms with Crippen LogP contribution in [0.3, 0.4) is 0 Å². The van der Waals surface area contributed by atoms with Crippen molar-refractivity contribution in [3.8, 4) is 0 Å². The molecule has 0 spiro atoms. The van der Waals surface area contributed by atoms with Gasteiger partial charge in [0.15, 0.2) is 0 Å². The Morgan fingerprint density at radius 2 is 2.31 bits per heavy atom. The highest BCUT2D eigenvalue weighted by atomic mass is 32.2. The largest absolute Gasteiger partial charge is 0.281 e. The van der Waals surface area contributed by atoms with Crippen LogP contribution in [0.15, 0.2) is 11.1 Å². The van der Waals surface area contributed by atoms with Gasteiger partial charge in [-0.1, -0.05) is 0 Å². The molecule has 1 N–H and O–H groups in total. The molecule has 6 heteroatoms. The molecule has 0 radical (unpaired) electrons. The van der Waals surface area contributed by atoms with Crippen molar-refractivity contribution in [3.05, 3.63) is 11.9 Å². The highest BCUT2D eigenvalue weighted by Gasteiger charge is 2.44. The van der Waals surface area contributed by atoms with Crippen LogP contribution >= 0.6 is 0 Å². The summed E-state index contributed by atoms with van der Waals surface area (Å²) < 4.78 is 26.4. The van der Waals surface area contributed by atoms with Crippen molar-refractivity contribution in [2.45, 2.75) is 37.1 Å². The van der Waals surface area contributed by atoms with E-state index in [2.05, 4.69) is 10.2 Å². The number of hydrogen-bond acceptors (Lipinski definition) is 3. The molecule has 1 saturated carbocycles. The molecule has 2 aliphatic rings. The van der Waals surface area contributed by atoms with Crippen molar-refractivity contribution in [2.24, 2.45) is 5.92 Å². The zero-order valence-corrected chi connectivity index (χ0v) is 10.00. The second-order valence-corrected chi connectivity index (χ2v) is 6.63. The molecule has 3 rings (SSSR count). The lowest BCUT2D eigenvalue weighted by atomic mass is 10.1. The van der Waals surface area contributed by atoms with Crippen LogP contribution < -0.4 is 0 Å². The minimum atomic E-state index is -3.32. The normalized spacial score (nSPS) is 30.1. The molecule has 1 aromatic heterocycles. The number of aromatic amines is 1. The SMILES string of the molecule is Cc1[nH]ncc1S(=O)(=O)N1CC2CCC1C2. The fourth-order valence-electron chi connectivity index (χ4n) is 2.90. The maximum Gasteiger partial charge on any atom is 0.246 e. The molecule has 2 fully saturated rings. The first-order valence-electron chi connectivity index (χ1n) is 5.61. The monoisotopic (exact) mass is 241 g/mol. The first-order valence-corrected chi connectivity index (χ1v) is 7.05. The lowest BCUT2D eigenvalue weighted by molar-refractivity contribution is 0.333. The molecule has 2 unspecified atom stereocenters. The number of sulfonamides is 1. The van der Waals surface area contributed by atoms with Crippen molar-refractivity contribution in [3.63, 3.8) is 0 Å². The lowest BCUT2D eigenvalue weighted by Gasteiger charge is -2.25. The van der Waals surface area contributed by atoms with Gasteiger partial charge in [0, 0.05) is 12.6 Å². The zero-order valence-electron chi connectivity index (χ0n) is 9.18. The van der Waals surface area contributed by atoms with E-state index in [1.54, 1.807) is 11.2 Å². The van der Waals surface area contributed by atoms with Crippen LogP contribution in [0.4, 0.5) is 0 Å². The Labute approximate surface area is 94.9 Å². The topological polar surface area (TPSA) is 66.1 Å². The molecular formula is C10H15N3O2S. The van der Waals surface area contributed by atoms with E-state index in [1.165, 1.54) is 12.6 Å². The van der Waals surface area contributed by atoms with E-state index in [1.807, 2.05) is 0 Å². The minimum absolute atomic E-state index is 0.226. The Balaban J connectivity index is 1.98. The van der Waals surface area contributed by atoms with Gasteiger partial charge in [-0.2, -0.15) is 9.40 Å². The molecule has 1 aromatic rings. The number of rotatable bonds is 2. The van der Waals surface area contributed by atoms with Gasteiger partial charge < -0.3 is 0 Å².